The molecule has 2 atom stereocenters. The number of anilines is 4. The van der Waals surface area contributed by atoms with Crippen LogP contribution in [0.4, 0.5) is 23.0 Å². The van der Waals surface area contributed by atoms with Crippen molar-refractivity contribution in [1.29, 1.82) is 0 Å². The number of hydrogen-bond acceptors (Lipinski definition) is 10. The number of aromatic nitrogens is 4. The molecule has 6 heterocycles. The molecule has 2 fully saturated rings. The predicted molar refractivity (Wildman–Crippen MR) is 130 cm³/mol. The van der Waals surface area contributed by atoms with Crippen molar-refractivity contribution >= 4 is 67.6 Å². The summed E-state index contributed by atoms with van der Waals surface area (Å²) in [5, 5.41) is 6.97. The zero-order valence-electron chi connectivity index (χ0n) is 16.9. The summed E-state index contributed by atoms with van der Waals surface area (Å²) in [6.07, 6.45) is 5.75. The molecule has 2 N–H and O–H groups in total. The van der Waals surface area contributed by atoms with Gasteiger partial charge in [-0.2, -0.15) is 32.0 Å². The van der Waals surface area contributed by atoms with Gasteiger partial charge in [0, 0.05) is 38.3 Å². The second-order valence-electron chi connectivity index (χ2n) is 7.44. The van der Waals surface area contributed by atoms with Crippen molar-refractivity contribution in [3.8, 4) is 0 Å². The lowest BCUT2D eigenvalue weighted by atomic mass is 10.2. The summed E-state index contributed by atoms with van der Waals surface area (Å²) in [6, 6.07) is 0.978. The van der Waals surface area contributed by atoms with Gasteiger partial charge < -0.3 is 25.2 Å². The minimum atomic E-state index is -0.502. The zero-order chi connectivity index (χ0) is 20.0. The summed E-state index contributed by atoms with van der Waals surface area (Å²) in [6.45, 7) is 4.17. The van der Waals surface area contributed by atoms with Crippen molar-refractivity contribution in [3.05, 3.63) is 23.5 Å². The number of carbonyl (C=O) groups is 1. The molecule has 6 rings (SSSR count). The number of esters is 1. The second-order valence-corrected chi connectivity index (χ2v) is 7.78. The fraction of sp³-hybridized carbons (Fsp3) is 0.500. The normalized spacial score (nSPS) is 21.1. The number of rotatable bonds is 1. The number of carbonyl (C=O) groups excluding carboxylic acids is 1. The molecule has 10 nitrogen and oxygen atoms in total. The van der Waals surface area contributed by atoms with Crippen LogP contribution >= 0.6 is 38.6 Å². The Morgan fingerprint density at radius 2 is 1.55 bits per heavy atom. The van der Waals surface area contributed by atoms with Crippen LogP contribution in [0.25, 0.3) is 0 Å². The smallest absolute Gasteiger partial charge is 0.376 e. The van der Waals surface area contributed by atoms with Crippen LogP contribution in [0.1, 0.15) is 23.5 Å². The molecule has 2 aromatic heterocycles. The van der Waals surface area contributed by atoms with Gasteiger partial charge >= 0.3 is 5.97 Å². The first-order valence-electron chi connectivity index (χ1n) is 9.61. The van der Waals surface area contributed by atoms with Gasteiger partial charge in [0.1, 0.15) is 0 Å². The molecular weight excluding hydrogens is 460 g/mol. The van der Waals surface area contributed by atoms with Crippen LogP contribution in [0, 0.1) is 0 Å². The Hall–Kier alpha value is -2.18. The minimum Gasteiger partial charge on any atom is -0.463 e. The summed E-state index contributed by atoms with van der Waals surface area (Å²) in [7, 11) is 1.33. The predicted octanol–water partition coefficient (Wildman–Crippen LogP) is 1.63. The maximum atomic E-state index is 11.3. The summed E-state index contributed by atoms with van der Waals surface area (Å²) in [5.41, 5.74) is 2.06. The van der Waals surface area contributed by atoms with E-state index >= 15 is 0 Å². The summed E-state index contributed by atoms with van der Waals surface area (Å²) in [5.74, 6) is 1.23. The standard InChI is InChI=1S/C10H12N4O2.C8H9ClN4.2H2S/c1-16-10(15)9-11-4-7-8(13-9)12-6-2-3-14(7)5-6;9-8-10-3-6-7(12-8)11-5-1-2-13(6)4-5;;/h4,6H,2-3,5H2,1H3,(H,11,12,13);3,5H,1-2,4H2,(H,10,11,12);2*1H2/t6-;5-;;/m00../s1. The molecule has 168 valence electrons. The van der Waals surface area contributed by atoms with Crippen molar-refractivity contribution in [2.45, 2.75) is 24.9 Å². The van der Waals surface area contributed by atoms with E-state index in [1.54, 1.807) is 12.4 Å². The second kappa shape index (κ2) is 9.53. The Morgan fingerprint density at radius 1 is 1.00 bits per heavy atom. The Bertz CT molecular complexity index is 968. The van der Waals surface area contributed by atoms with Gasteiger partial charge in [-0.1, -0.05) is 0 Å². The Labute approximate surface area is 199 Å². The molecule has 0 spiro atoms. The van der Waals surface area contributed by atoms with Gasteiger partial charge in [0.2, 0.25) is 11.1 Å². The van der Waals surface area contributed by atoms with E-state index in [1.807, 2.05) is 0 Å². The van der Waals surface area contributed by atoms with E-state index in [4.69, 9.17) is 11.6 Å². The number of hydrogen-bond donors (Lipinski definition) is 2. The van der Waals surface area contributed by atoms with E-state index in [0.717, 1.165) is 55.6 Å². The van der Waals surface area contributed by atoms with Gasteiger partial charge in [-0.05, 0) is 24.4 Å². The fourth-order valence-electron chi connectivity index (χ4n) is 4.17. The molecule has 2 aromatic rings. The topological polar surface area (TPSA) is 108 Å². The van der Waals surface area contributed by atoms with Crippen LogP contribution in [-0.2, 0) is 4.74 Å². The Balaban J connectivity index is 0.000000168. The lowest BCUT2D eigenvalue weighted by Crippen LogP contribution is -2.33. The SMILES string of the molecule is COC(=O)c1ncc2c(n1)N[C@H]1CCN2C1.Clc1ncc2c(n1)N[C@H]1CCN2C1.S.S. The number of nitrogens with zero attached hydrogens (tertiary/aromatic N) is 6. The molecule has 31 heavy (non-hydrogen) atoms. The lowest BCUT2D eigenvalue weighted by molar-refractivity contribution is 0.0587. The summed E-state index contributed by atoms with van der Waals surface area (Å²) in [4.78, 5) is 32.2. The average Bonchev–Trinajstić information content (AvgIpc) is 3.31. The number of nitrogens with one attached hydrogen (secondary N) is 2. The van der Waals surface area contributed by atoms with Crippen LogP contribution in [0.3, 0.4) is 0 Å². The van der Waals surface area contributed by atoms with Gasteiger partial charge in [-0.15, -0.1) is 0 Å². The molecule has 2 saturated heterocycles. The number of ether oxygens (including phenoxy) is 1. The molecule has 0 unspecified atom stereocenters. The monoisotopic (exact) mass is 484 g/mol. The van der Waals surface area contributed by atoms with Crippen molar-refractivity contribution in [1.82, 2.24) is 19.9 Å². The first-order valence-corrected chi connectivity index (χ1v) is 9.99. The number of fused-ring (bicyclic) bond motifs is 8. The third-order valence-corrected chi connectivity index (χ3v) is 5.80. The largest absolute Gasteiger partial charge is 0.463 e. The van der Waals surface area contributed by atoms with E-state index in [2.05, 4.69) is 45.1 Å². The van der Waals surface area contributed by atoms with E-state index in [9.17, 15) is 4.79 Å². The van der Waals surface area contributed by atoms with Gasteiger partial charge in [0.05, 0.1) is 30.9 Å². The number of halogens is 1. The Morgan fingerprint density at radius 3 is 2.13 bits per heavy atom. The van der Waals surface area contributed by atoms with Crippen LogP contribution in [0.5, 0.6) is 0 Å². The third kappa shape index (κ3) is 4.55. The molecular formula is C18H25ClN8O2S2. The quantitative estimate of drug-likeness (QED) is 0.457. The van der Waals surface area contributed by atoms with Crippen LogP contribution in [-0.4, -0.2) is 71.3 Å². The van der Waals surface area contributed by atoms with Crippen LogP contribution in [0.15, 0.2) is 12.4 Å². The van der Waals surface area contributed by atoms with E-state index in [0.29, 0.717) is 17.4 Å². The molecule has 0 aliphatic carbocycles. The Kier molecular flexibility index (Phi) is 7.22. The zero-order valence-corrected chi connectivity index (χ0v) is 19.7. The first-order chi connectivity index (χ1) is 14.1. The molecule has 0 amide bonds. The maximum Gasteiger partial charge on any atom is 0.376 e. The van der Waals surface area contributed by atoms with Crippen molar-refractivity contribution in [2.24, 2.45) is 0 Å². The molecule has 4 aliphatic heterocycles. The molecule has 0 saturated carbocycles. The average molecular weight is 485 g/mol. The number of methoxy groups -OCH3 is 1. The third-order valence-electron chi connectivity index (χ3n) is 5.62. The van der Waals surface area contributed by atoms with Gasteiger partial charge in [-0.3, -0.25) is 0 Å². The van der Waals surface area contributed by atoms with Gasteiger partial charge in [0.25, 0.3) is 0 Å². The highest BCUT2D eigenvalue weighted by atomic mass is 35.5. The van der Waals surface area contributed by atoms with E-state index in [1.165, 1.54) is 13.5 Å². The highest BCUT2D eigenvalue weighted by Crippen LogP contribution is 2.34. The summed E-state index contributed by atoms with van der Waals surface area (Å²) < 4.78 is 4.59. The minimum absolute atomic E-state index is 0. The molecule has 0 aromatic carbocycles. The first kappa shape index (κ1) is 23.5. The summed E-state index contributed by atoms with van der Waals surface area (Å²) >= 11 is 5.71. The molecule has 4 aliphatic rings. The van der Waals surface area contributed by atoms with Crippen molar-refractivity contribution < 1.29 is 9.53 Å². The van der Waals surface area contributed by atoms with Crippen molar-refractivity contribution in [2.75, 3.05) is 53.7 Å². The molecule has 0 radical (unpaired) electrons. The molecule has 13 heteroatoms. The highest BCUT2D eigenvalue weighted by molar-refractivity contribution is 7.59. The highest BCUT2D eigenvalue weighted by Gasteiger charge is 2.32. The van der Waals surface area contributed by atoms with Crippen molar-refractivity contribution in [3.63, 3.8) is 0 Å². The fourth-order valence-corrected chi connectivity index (χ4v) is 4.31. The van der Waals surface area contributed by atoms with E-state index < -0.39 is 5.97 Å². The van der Waals surface area contributed by atoms with E-state index in [-0.39, 0.29) is 32.8 Å². The van der Waals surface area contributed by atoms with Crippen LogP contribution < -0.4 is 20.4 Å². The van der Waals surface area contributed by atoms with Gasteiger partial charge in [0.15, 0.2) is 11.6 Å². The van der Waals surface area contributed by atoms with Crippen LogP contribution in [0.2, 0.25) is 5.28 Å². The molecule has 4 bridgehead atoms. The van der Waals surface area contributed by atoms with Gasteiger partial charge in [-0.25, -0.2) is 19.7 Å². The maximum absolute atomic E-state index is 11.3. The lowest BCUT2D eigenvalue weighted by Gasteiger charge is -2.27.